The Kier molecular flexibility index (Phi) is 5.95. The summed E-state index contributed by atoms with van der Waals surface area (Å²) in [6.45, 7) is 0.232. The molecular weight excluding hydrogens is 480 g/mol. The Morgan fingerprint density at radius 2 is 2.00 bits per heavy atom. The third-order valence-electron chi connectivity index (χ3n) is 5.88. The number of pyridine rings is 1. The number of carbonyl (C=O) groups is 2. The van der Waals surface area contributed by atoms with Crippen molar-refractivity contribution in [1.29, 1.82) is 0 Å². The quantitative estimate of drug-likeness (QED) is 0.364. The topological polar surface area (TPSA) is 127 Å². The van der Waals surface area contributed by atoms with Gasteiger partial charge in [-0.1, -0.05) is 18.2 Å². The Morgan fingerprint density at radius 1 is 1.26 bits per heavy atom. The van der Waals surface area contributed by atoms with Crippen molar-refractivity contribution in [1.82, 2.24) is 14.9 Å². The first-order valence-corrected chi connectivity index (χ1v) is 12.0. The number of anilines is 3. The molecular formula is C23H21F2N5O4S. The van der Waals surface area contributed by atoms with E-state index < -0.39 is 35.2 Å². The number of alkyl halides is 2. The molecule has 0 bridgehead atoms. The number of rotatable bonds is 7. The first-order valence-electron chi connectivity index (χ1n) is 10.8. The zero-order chi connectivity index (χ0) is 24.7. The summed E-state index contributed by atoms with van der Waals surface area (Å²) < 4.78 is 47.1. The van der Waals surface area contributed by atoms with Gasteiger partial charge in [0.15, 0.2) is 16.9 Å². The van der Waals surface area contributed by atoms with Gasteiger partial charge in [-0.05, 0) is 24.3 Å². The Hall–Kier alpha value is -3.48. The van der Waals surface area contributed by atoms with Gasteiger partial charge in [0.05, 0.1) is 23.5 Å². The summed E-state index contributed by atoms with van der Waals surface area (Å²) in [7, 11) is 0. The van der Waals surface area contributed by atoms with Crippen LogP contribution in [0, 0.1) is 5.92 Å². The Balaban J connectivity index is 1.51. The fourth-order valence-electron chi connectivity index (χ4n) is 4.16. The molecule has 1 aliphatic heterocycles. The highest BCUT2D eigenvalue weighted by atomic mass is 32.2. The summed E-state index contributed by atoms with van der Waals surface area (Å²) in [6, 6.07) is 12.4. The van der Waals surface area contributed by atoms with Gasteiger partial charge in [0.25, 0.3) is 5.92 Å². The summed E-state index contributed by atoms with van der Waals surface area (Å²) in [5, 5.41) is 5.71. The summed E-state index contributed by atoms with van der Waals surface area (Å²) in [5.41, 5.74) is 3.35. The molecule has 1 fully saturated rings. The first kappa shape index (κ1) is 23.3. The van der Waals surface area contributed by atoms with E-state index in [1.807, 2.05) is 30.3 Å². The van der Waals surface area contributed by atoms with Crippen LogP contribution in [0.3, 0.4) is 0 Å². The van der Waals surface area contributed by atoms with Gasteiger partial charge >= 0.3 is 0 Å². The van der Waals surface area contributed by atoms with Gasteiger partial charge in [-0.3, -0.25) is 14.5 Å². The van der Waals surface area contributed by atoms with E-state index in [-0.39, 0.29) is 30.6 Å². The molecule has 1 aromatic carbocycles. The van der Waals surface area contributed by atoms with Crippen molar-refractivity contribution < 1.29 is 27.1 Å². The smallest absolute Gasteiger partial charge is 0.260 e. The second kappa shape index (κ2) is 8.95. The number of Topliss-reactive ketones (excluding diaryl/α,β-unsaturated/α-hetero) is 1. The van der Waals surface area contributed by atoms with E-state index in [4.69, 9.17) is 0 Å². The van der Waals surface area contributed by atoms with Crippen LogP contribution in [0.15, 0.2) is 48.7 Å². The van der Waals surface area contributed by atoms with Crippen molar-refractivity contribution >= 4 is 40.0 Å². The average Bonchev–Trinajstić information content (AvgIpc) is 3.30. The molecule has 0 saturated heterocycles. The highest BCUT2D eigenvalue weighted by molar-refractivity contribution is 7.79. The third kappa shape index (κ3) is 4.85. The zero-order valence-electron chi connectivity index (χ0n) is 18.3. The Bertz CT molecular complexity index is 1330. The van der Waals surface area contributed by atoms with E-state index in [9.17, 15) is 27.1 Å². The summed E-state index contributed by atoms with van der Waals surface area (Å²) in [5.74, 6) is -5.43. The van der Waals surface area contributed by atoms with E-state index in [0.29, 0.717) is 28.2 Å². The fourth-order valence-corrected chi connectivity index (χ4v) is 4.65. The molecule has 0 spiro atoms. The molecule has 4 N–H and O–H groups in total. The van der Waals surface area contributed by atoms with Crippen LogP contribution in [0.1, 0.15) is 22.5 Å². The van der Waals surface area contributed by atoms with Gasteiger partial charge in [0.2, 0.25) is 5.91 Å². The molecule has 3 heterocycles. The highest BCUT2D eigenvalue weighted by Gasteiger charge is 2.61. The monoisotopic (exact) mass is 501 g/mol. The predicted molar refractivity (Wildman–Crippen MR) is 126 cm³/mol. The predicted octanol–water partition coefficient (Wildman–Crippen LogP) is 3.59. The number of benzene rings is 1. The number of ketones is 1. The lowest BCUT2D eigenvalue weighted by atomic mass is 10.0. The number of aromatic nitrogens is 2. The maximum absolute atomic E-state index is 13.3. The van der Waals surface area contributed by atoms with Crippen molar-refractivity contribution in [2.24, 2.45) is 5.92 Å². The number of hydrogen-bond acceptors (Lipinski definition) is 6. The van der Waals surface area contributed by atoms with Crippen LogP contribution in [0.5, 0.6) is 0 Å². The molecule has 1 aliphatic carbocycles. The highest BCUT2D eigenvalue weighted by Crippen LogP contribution is 2.49. The lowest BCUT2D eigenvalue weighted by Gasteiger charge is -2.24. The van der Waals surface area contributed by atoms with E-state index >= 15 is 0 Å². The Morgan fingerprint density at radius 3 is 2.69 bits per heavy atom. The molecule has 2 unspecified atom stereocenters. The number of carbonyl (C=O) groups excluding carboxylic acids is 2. The first-order chi connectivity index (χ1) is 16.7. The number of halogens is 2. The van der Waals surface area contributed by atoms with E-state index in [0.717, 1.165) is 5.69 Å². The summed E-state index contributed by atoms with van der Waals surface area (Å²) >= 11 is -2.09. The van der Waals surface area contributed by atoms with Crippen LogP contribution in [0.4, 0.5) is 26.0 Å². The molecule has 35 heavy (non-hydrogen) atoms. The van der Waals surface area contributed by atoms with Crippen LogP contribution in [0.25, 0.3) is 11.3 Å². The van der Waals surface area contributed by atoms with Crippen LogP contribution in [-0.2, 0) is 22.4 Å². The molecule has 2 aliphatic rings. The molecule has 182 valence electrons. The molecule has 0 radical (unpaired) electrons. The molecule has 1 amide bonds. The number of H-pyrrole nitrogens is 1. The minimum Gasteiger partial charge on any atom is -0.355 e. The molecule has 12 heteroatoms. The number of fused-ring (bicyclic) bond motifs is 1. The van der Waals surface area contributed by atoms with Crippen molar-refractivity contribution in [2.75, 3.05) is 23.1 Å². The number of nitrogens with one attached hydrogen (secondary N) is 3. The average molecular weight is 502 g/mol. The number of nitrogens with zero attached hydrogens (tertiary/aromatic N) is 2. The minimum absolute atomic E-state index is 0.0205. The van der Waals surface area contributed by atoms with Gasteiger partial charge in [-0.15, -0.1) is 0 Å². The minimum atomic E-state index is -2.99. The maximum Gasteiger partial charge on any atom is 0.260 e. The van der Waals surface area contributed by atoms with Crippen molar-refractivity contribution in [2.45, 2.75) is 18.9 Å². The summed E-state index contributed by atoms with van der Waals surface area (Å²) in [6.07, 6.45) is 0.954. The Labute approximate surface area is 201 Å². The van der Waals surface area contributed by atoms with Crippen molar-refractivity contribution in [3.05, 3.63) is 59.9 Å². The zero-order valence-corrected chi connectivity index (χ0v) is 19.1. The van der Waals surface area contributed by atoms with E-state index in [1.165, 1.54) is 12.3 Å². The lowest BCUT2D eigenvalue weighted by Crippen LogP contribution is -2.37. The largest absolute Gasteiger partial charge is 0.355 e. The van der Waals surface area contributed by atoms with Crippen LogP contribution in [0.2, 0.25) is 0 Å². The van der Waals surface area contributed by atoms with Gasteiger partial charge in [0.1, 0.15) is 17.6 Å². The normalized spacial score (nSPS) is 19.6. The second-order valence-corrected chi connectivity index (χ2v) is 9.42. The maximum atomic E-state index is 13.3. The number of aromatic amines is 1. The molecule has 1 saturated carbocycles. The second-order valence-electron chi connectivity index (χ2n) is 8.52. The SMILES string of the molecule is O=C1CN(CS(=O)O)Cc2[nH]c(-c3ccnc(NC(=O)C4CC4(F)F)c3)c(Nc3ccccc3)c21. The van der Waals surface area contributed by atoms with Crippen LogP contribution in [-0.4, -0.2) is 53.7 Å². The standard InChI is InChI=1S/C23H21F2N5O4S/c24-23(25)9-15(23)22(32)29-18-8-13(6-7-26-18)20-21(27-14-4-2-1-3-5-14)19-16(28-20)10-30(11-17(19)31)12-35(33)34/h1-8,15,27-28H,9-12H2,(H,33,34)(H,26,29,32). The van der Waals surface area contributed by atoms with E-state index in [2.05, 4.69) is 20.6 Å². The molecule has 3 aromatic rings. The summed E-state index contributed by atoms with van der Waals surface area (Å²) in [4.78, 5) is 34.1. The van der Waals surface area contributed by atoms with Crippen LogP contribution >= 0.6 is 0 Å². The molecule has 2 aromatic heterocycles. The third-order valence-corrected chi connectivity index (χ3v) is 6.47. The van der Waals surface area contributed by atoms with Gasteiger partial charge in [-0.2, -0.15) is 0 Å². The van der Waals surface area contributed by atoms with Gasteiger partial charge in [0, 0.05) is 36.1 Å². The fraction of sp³-hybridized carbons (Fsp3) is 0.261. The van der Waals surface area contributed by atoms with Crippen LogP contribution < -0.4 is 10.6 Å². The van der Waals surface area contributed by atoms with Gasteiger partial charge in [-0.25, -0.2) is 18.0 Å². The molecule has 5 rings (SSSR count). The molecule has 9 nitrogen and oxygen atoms in total. The van der Waals surface area contributed by atoms with Gasteiger partial charge < -0.3 is 20.2 Å². The molecule has 2 atom stereocenters. The number of para-hydroxylation sites is 1. The number of amides is 1. The van der Waals surface area contributed by atoms with Crippen molar-refractivity contribution in [3.8, 4) is 11.3 Å². The van der Waals surface area contributed by atoms with Crippen molar-refractivity contribution in [3.63, 3.8) is 0 Å². The van der Waals surface area contributed by atoms with E-state index in [1.54, 1.807) is 11.0 Å². The number of hydrogen-bond donors (Lipinski definition) is 4. The lowest BCUT2D eigenvalue weighted by molar-refractivity contribution is -0.119.